The average molecular weight is 292 g/mol. The summed E-state index contributed by atoms with van der Waals surface area (Å²) >= 11 is 4.75. The lowest BCUT2D eigenvalue weighted by atomic mass is 9.89. The molecule has 0 aromatic heterocycles. The Morgan fingerprint density at radius 3 is 2.30 bits per heavy atom. The smallest absolute Gasteiger partial charge is 0.257 e. The van der Waals surface area contributed by atoms with E-state index in [-0.39, 0.29) is 11.0 Å². The highest BCUT2D eigenvalue weighted by atomic mass is 32.1. The Bertz CT molecular complexity index is 495. The van der Waals surface area contributed by atoms with Gasteiger partial charge in [0.25, 0.3) is 5.91 Å². The van der Waals surface area contributed by atoms with Gasteiger partial charge in [0.1, 0.15) is 0 Å². The highest BCUT2D eigenvalue weighted by Crippen LogP contribution is 2.22. The molecular formula is C16H24N2OS. The van der Waals surface area contributed by atoms with Crippen LogP contribution in [0.25, 0.3) is 0 Å². The first-order valence-corrected chi connectivity index (χ1v) is 7.43. The standard InChI is InChI=1S/C16H24N2OS/c1-10(2)8-12-6-5-7-13(14(12)9-11(3)4)15(19)18-16(17)20/h5-7,10-11H,8-9H2,1-4H3,(H3,17,18,19,20). The van der Waals surface area contributed by atoms with Crippen LogP contribution >= 0.6 is 12.2 Å². The Morgan fingerprint density at radius 1 is 1.20 bits per heavy atom. The fraction of sp³-hybridized carbons (Fsp3) is 0.500. The van der Waals surface area contributed by atoms with Gasteiger partial charge in [0.05, 0.1) is 0 Å². The average Bonchev–Trinajstić information content (AvgIpc) is 2.28. The van der Waals surface area contributed by atoms with E-state index in [1.807, 2.05) is 12.1 Å². The van der Waals surface area contributed by atoms with E-state index in [1.165, 1.54) is 5.56 Å². The van der Waals surface area contributed by atoms with Gasteiger partial charge in [0.15, 0.2) is 5.11 Å². The predicted molar refractivity (Wildman–Crippen MR) is 87.8 cm³/mol. The SMILES string of the molecule is CC(C)Cc1cccc(C(=O)NC(N)=S)c1CC(C)C. The fourth-order valence-electron chi connectivity index (χ4n) is 2.31. The van der Waals surface area contributed by atoms with Crippen molar-refractivity contribution in [1.82, 2.24) is 5.32 Å². The molecule has 3 N–H and O–H groups in total. The molecule has 1 aromatic carbocycles. The Morgan fingerprint density at radius 2 is 1.80 bits per heavy atom. The van der Waals surface area contributed by atoms with Crippen LogP contribution in [0.15, 0.2) is 18.2 Å². The van der Waals surface area contributed by atoms with Crippen molar-refractivity contribution in [3.05, 3.63) is 34.9 Å². The number of carbonyl (C=O) groups is 1. The maximum Gasteiger partial charge on any atom is 0.257 e. The minimum atomic E-state index is -0.209. The van der Waals surface area contributed by atoms with Crippen molar-refractivity contribution in [3.63, 3.8) is 0 Å². The molecule has 20 heavy (non-hydrogen) atoms. The molecule has 0 heterocycles. The minimum Gasteiger partial charge on any atom is -0.376 e. The Kier molecular flexibility index (Phi) is 6.14. The second-order valence-corrected chi connectivity index (χ2v) is 6.40. The van der Waals surface area contributed by atoms with Gasteiger partial charge in [-0.15, -0.1) is 0 Å². The summed E-state index contributed by atoms with van der Waals surface area (Å²) < 4.78 is 0. The lowest BCUT2D eigenvalue weighted by Gasteiger charge is -2.17. The van der Waals surface area contributed by atoms with Gasteiger partial charge in [-0.05, 0) is 54.1 Å². The Labute approximate surface area is 126 Å². The summed E-state index contributed by atoms with van der Waals surface area (Å²) in [6, 6.07) is 5.88. The van der Waals surface area contributed by atoms with Gasteiger partial charge < -0.3 is 5.73 Å². The summed E-state index contributed by atoms with van der Waals surface area (Å²) in [6.45, 7) is 8.67. The lowest BCUT2D eigenvalue weighted by Crippen LogP contribution is -2.35. The molecule has 1 rings (SSSR count). The largest absolute Gasteiger partial charge is 0.376 e. The second-order valence-electron chi connectivity index (χ2n) is 5.96. The molecular weight excluding hydrogens is 268 g/mol. The van der Waals surface area contributed by atoms with E-state index >= 15 is 0 Å². The molecule has 0 radical (unpaired) electrons. The molecule has 3 nitrogen and oxygen atoms in total. The number of benzene rings is 1. The second kappa shape index (κ2) is 7.39. The quantitative estimate of drug-likeness (QED) is 0.820. The van der Waals surface area contributed by atoms with Crippen molar-refractivity contribution in [1.29, 1.82) is 0 Å². The van der Waals surface area contributed by atoms with Gasteiger partial charge in [-0.25, -0.2) is 0 Å². The van der Waals surface area contributed by atoms with E-state index in [0.29, 0.717) is 17.4 Å². The zero-order valence-corrected chi connectivity index (χ0v) is 13.5. The van der Waals surface area contributed by atoms with Crippen LogP contribution in [0.2, 0.25) is 0 Å². The van der Waals surface area contributed by atoms with E-state index in [1.54, 1.807) is 0 Å². The molecule has 0 atom stereocenters. The fourth-order valence-corrected chi connectivity index (χ4v) is 2.40. The maximum absolute atomic E-state index is 12.2. The first kappa shape index (κ1) is 16.6. The lowest BCUT2D eigenvalue weighted by molar-refractivity contribution is 0.0976. The molecule has 0 unspecified atom stereocenters. The molecule has 0 aliphatic carbocycles. The monoisotopic (exact) mass is 292 g/mol. The molecule has 4 heteroatoms. The molecule has 1 amide bonds. The van der Waals surface area contributed by atoms with Crippen LogP contribution in [-0.4, -0.2) is 11.0 Å². The summed E-state index contributed by atoms with van der Waals surface area (Å²) in [5.74, 6) is 0.827. The number of nitrogens with one attached hydrogen (secondary N) is 1. The third kappa shape index (κ3) is 4.93. The third-order valence-corrected chi connectivity index (χ3v) is 3.10. The van der Waals surface area contributed by atoms with E-state index in [9.17, 15) is 4.79 Å². The summed E-state index contributed by atoms with van der Waals surface area (Å²) in [5.41, 5.74) is 8.44. The van der Waals surface area contributed by atoms with Gasteiger partial charge in [-0.3, -0.25) is 10.1 Å². The van der Waals surface area contributed by atoms with Crippen molar-refractivity contribution in [3.8, 4) is 0 Å². The van der Waals surface area contributed by atoms with Crippen molar-refractivity contribution < 1.29 is 4.79 Å². The van der Waals surface area contributed by atoms with E-state index in [4.69, 9.17) is 18.0 Å². The summed E-state index contributed by atoms with van der Waals surface area (Å²) in [6.07, 6.45) is 1.85. The summed E-state index contributed by atoms with van der Waals surface area (Å²) in [5, 5.41) is 2.54. The molecule has 1 aromatic rings. The molecule has 0 aliphatic heterocycles. The summed E-state index contributed by atoms with van der Waals surface area (Å²) in [4.78, 5) is 12.2. The van der Waals surface area contributed by atoms with Crippen LogP contribution in [0.5, 0.6) is 0 Å². The van der Waals surface area contributed by atoms with Gasteiger partial charge in [0.2, 0.25) is 0 Å². The molecule has 110 valence electrons. The van der Waals surface area contributed by atoms with Gasteiger partial charge in [-0.2, -0.15) is 0 Å². The topological polar surface area (TPSA) is 55.1 Å². The summed E-state index contributed by atoms with van der Waals surface area (Å²) in [7, 11) is 0. The first-order chi connectivity index (χ1) is 9.31. The van der Waals surface area contributed by atoms with Crippen LogP contribution in [0, 0.1) is 11.8 Å². The number of thiocarbonyl (C=S) groups is 1. The zero-order chi connectivity index (χ0) is 15.3. The minimum absolute atomic E-state index is 0.0137. The molecule has 0 aliphatic rings. The van der Waals surface area contributed by atoms with Crippen LogP contribution in [0.1, 0.15) is 49.2 Å². The number of carbonyl (C=O) groups excluding carboxylic acids is 1. The number of nitrogens with two attached hydrogens (primary N) is 1. The van der Waals surface area contributed by atoms with Gasteiger partial charge in [0, 0.05) is 5.56 Å². The highest BCUT2D eigenvalue weighted by Gasteiger charge is 2.16. The van der Waals surface area contributed by atoms with Crippen molar-refractivity contribution in [2.75, 3.05) is 0 Å². The van der Waals surface area contributed by atoms with Gasteiger partial charge >= 0.3 is 0 Å². The van der Waals surface area contributed by atoms with Crippen LogP contribution in [0.4, 0.5) is 0 Å². The molecule has 0 saturated heterocycles. The van der Waals surface area contributed by atoms with Crippen LogP contribution in [-0.2, 0) is 12.8 Å². The third-order valence-electron chi connectivity index (χ3n) is 2.99. The number of hydrogen-bond acceptors (Lipinski definition) is 2. The van der Waals surface area contributed by atoms with E-state index in [2.05, 4.69) is 39.1 Å². The number of rotatable bonds is 5. The molecule has 0 saturated carbocycles. The number of hydrogen-bond donors (Lipinski definition) is 2. The highest BCUT2D eigenvalue weighted by molar-refractivity contribution is 7.80. The van der Waals surface area contributed by atoms with E-state index < -0.39 is 0 Å². The predicted octanol–water partition coefficient (Wildman–Crippen LogP) is 3.06. The van der Waals surface area contributed by atoms with Crippen LogP contribution in [0.3, 0.4) is 0 Å². The first-order valence-electron chi connectivity index (χ1n) is 7.02. The van der Waals surface area contributed by atoms with Crippen molar-refractivity contribution >= 4 is 23.2 Å². The zero-order valence-electron chi connectivity index (χ0n) is 12.7. The molecule has 0 bridgehead atoms. The van der Waals surface area contributed by atoms with Crippen molar-refractivity contribution in [2.45, 2.75) is 40.5 Å². The molecule has 0 fully saturated rings. The van der Waals surface area contributed by atoms with Crippen molar-refractivity contribution in [2.24, 2.45) is 17.6 Å². The van der Waals surface area contributed by atoms with Crippen LogP contribution < -0.4 is 11.1 Å². The molecule has 0 spiro atoms. The van der Waals surface area contributed by atoms with E-state index in [0.717, 1.165) is 18.4 Å². The normalized spacial score (nSPS) is 10.9. The Balaban J connectivity index is 3.20. The van der Waals surface area contributed by atoms with Gasteiger partial charge in [-0.1, -0.05) is 39.8 Å². The Hall–Kier alpha value is -1.42. The number of amides is 1. The maximum atomic E-state index is 12.2.